The number of aryl methyl sites for hydroxylation is 1. The summed E-state index contributed by atoms with van der Waals surface area (Å²) in [7, 11) is 0. The average molecular weight is 225 g/mol. The number of rotatable bonds is 5. The second-order valence-corrected chi connectivity index (χ2v) is 5.15. The molecule has 0 aromatic carbocycles. The predicted octanol–water partition coefficient (Wildman–Crippen LogP) is 1.54. The van der Waals surface area contributed by atoms with E-state index in [1.54, 1.807) is 11.3 Å². The molecule has 0 radical (unpaired) electrons. The molecule has 1 saturated heterocycles. The van der Waals surface area contributed by atoms with Gasteiger partial charge in [0.05, 0.1) is 0 Å². The van der Waals surface area contributed by atoms with E-state index in [1.165, 1.54) is 30.9 Å². The lowest BCUT2D eigenvalue weighted by Gasteiger charge is -2.07. The highest BCUT2D eigenvalue weighted by Crippen LogP contribution is 2.11. The van der Waals surface area contributed by atoms with E-state index in [4.69, 9.17) is 0 Å². The molecule has 1 aliphatic heterocycles. The molecule has 1 fully saturated rings. The Morgan fingerprint density at radius 3 is 3.27 bits per heavy atom. The van der Waals surface area contributed by atoms with Crippen LogP contribution in [0.4, 0.5) is 0 Å². The Morgan fingerprint density at radius 1 is 1.67 bits per heavy atom. The molecule has 1 aromatic heterocycles. The summed E-state index contributed by atoms with van der Waals surface area (Å²) in [5, 5.41) is 10.2. The van der Waals surface area contributed by atoms with Gasteiger partial charge in [0, 0.05) is 17.6 Å². The molecular formula is C11H19N3S. The maximum atomic E-state index is 4.42. The van der Waals surface area contributed by atoms with Crippen LogP contribution in [0.3, 0.4) is 0 Å². The predicted molar refractivity (Wildman–Crippen MR) is 64.2 cm³/mol. The number of thiazole rings is 1. The van der Waals surface area contributed by atoms with E-state index in [2.05, 4.69) is 21.0 Å². The van der Waals surface area contributed by atoms with Gasteiger partial charge in [-0.05, 0) is 45.3 Å². The lowest BCUT2D eigenvalue weighted by molar-refractivity contribution is 0.500. The van der Waals surface area contributed by atoms with Gasteiger partial charge in [-0.15, -0.1) is 11.3 Å². The molecule has 1 atom stereocenters. The van der Waals surface area contributed by atoms with E-state index in [1.807, 2.05) is 6.92 Å². The topological polar surface area (TPSA) is 37.0 Å². The van der Waals surface area contributed by atoms with E-state index >= 15 is 0 Å². The highest BCUT2D eigenvalue weighted by atomic mass is 32.1. The summed E-state index contributed by atoms with van der Waals surface area (Å²) in [5.74, 6) is 0.885. The van der Waals surface area contributed by atoms with Gasteiger partial charge >= 0.3 is 0 Å². The van der Waals surface area contributed by atoms with Crippen molar-refractivity contribution >= 4 is 11.3 Å². The van der Waals surface area contributed by atoms with Crippen LogP contribution in [0, 0.1) is 12.8 Å². The zero-order valence-electron chi connectivity index (χ0n) is 9.25. The second kappa shape index (κ2) is 5.58. The van der Waals surface area contributed by atoms with E-state index < -0.39 is 0 Å². The highest BCUT2D eigenvalue weighted by molar-refractivity contribution is 7.09. The first kappa shape index (κ1) is 11.0. The normalized spacial score (nSPS) is 21.0. The molecule has 1 aromatic rings. The van der Waals surface area contributed by atoms with Crippen LogP contribution < -0.4 is 10.6 Å². The average Bonchev–Trinajstić information content (AvgIpc) is 2.84. The fourth-order valence-corrected chi connectivity index (χ4v) is 2.69. The van der Waals surface area contributed by atoms with Crippen LogP contribution in [0.25, 0.3) is 0 Å². The Morgan fingerprint density at radius 2 is 2.60 bits per heavy atom. The molecule has 1 aliphatic rings. The molecule has 0 bridgehead atoms. The number of aromatic nitrogens is 1. The fraction of sp³-hybridized carbons (Fsp3) is 0.727. The third-order valence-electron chi connectivity index (χ3n) is 2.83. The Labute approximate surface area is 95.3 Å². The van der Waals surface area contributed by atoms with Crippen LogP contribution in [0.2, 0.25) is 0 Å². The van der Waals surface area contributed by atoms with Crippen LogP contribution in [-0.2, 0) is 6.54 Å². The second-order valence-electron chi connectivity index (χ2n) is 4.21. The van der Waals surface area contributed by atoms with Crippen LogP contribution >= 0.6 is 11.3 Å². The zero-order chi connectivity index (χ0) is 10.5. The Kier molecular flexibility index (Phi) is 4.11. The maximum absolute atomic E-state index is 4.42. The summed E-state index contributed by atoms with van der Waals surface area (Å²) in [6, 6.07) is 0. The van der Waals surface area contributed by atoms with E-state index in [-0.39, 0.29) is 0 Å². The van der Waals surface area contributed by atoms with Crippen molar-refractivity contribution in [1.82, 2.24) is 15.6 Å². The Bertz CT molecular complexity index is 292. The summed E-state index contributed by atoms with van der Waals surface area (Å²) >= 11 is 1.75. The molecule has 0 spiro atoms. The first-order valence-corrected chi connectivity index (χ1v) is 6.55. The van der Waals surface area contributed by atoms with Crippen molar-refractivity contribution < 1.29 is 0 Å². The zero-order valence-corrected chi connectivity index (χ0v) is 10.1. The van der Waals surface area contributed by atoms with Gasteiger partial charge in [-0.2, -0.15) is 0 Å². The third-order valence-corrected chi connectivity index (χ3v) is 3.80. The van der Waals surface area contributed by atoms with Crippen molar-refractivity contribution in [3.63, 3.8) is 0 Å². The maximum Gasteiger partial charge on any atom is 0.107 e. The smallest absolute Gasteiger partial charge is 0.107 e. The number of nitrogens with zero attached hydrogens (tertiary/aromatic N) is 1. The van der Waals surface area contributed by atoms with Crippen molar-refractivity contribution in [2.45, 2.75) is 26.3 Å². The van der Waals surface area contributed by atoms with E-state index in [0.29, 0.717) is 0 Å². The Hall–Kier alpha value is -0.450. The van der Waals surface area contributed by atoms with Gasteiger partial charge in [0.2, 0.25) is 0 Å². The number of nitrogens with one attached hydrogen (secondary N) is 2. The standard InChI is InChI=1S/C11H19N3S/c1-9-8-15-11(14-9)7-13-5-3-10-2-4-12-6-10/h8,10,12-13H,2-7H2,1H3. The molecule has 84 valence electrons. The van der Waals surface area contributed by atoms with Crippen molar-refractivity contribution in [2.75, 3.05) is 19.6 Å². The minimum absolute atomic E-state index is 0.885. The summed E-state index contributed by atoms with van der Waals surface area (Å²) in [6.45, 7) is 6.50. The molecule has 2 rings (SSSR count). The molecule has 1 unspecified atom stereocenters. The third kappa shape index (κ3) is 3.55. The number of hydrogen-bond donors (Lipinski definition) is 2. The van der Waals surface area contributed by atoms with Gasteiger partial charge in [-0.25, -0.2) is 4.98 Å². The monoisotopic (exact) mass is 225 g/mol. The van der Waals surface area contributed by atoms with Crippen molar-refractivity contribution in [3.8, 4) is 0 Å². The van der Waals surface area contributed by atoms with Crippen molar-refractivity contribution in [2.24, 2.45) is 5.92 Å². The first-order chi connectivity index (χ1) is 7.34. The largest absolute Gasteiger partial charge is 0.316 e. The summed E-state index contributed by atoms with van der Waals surface area (Å²) < 4.78 is 0. The summed E-state index contributed by atoms with van der Waals surface area (Å²) in [5.41, 5.74) is 1.14. The summed E-state index contributed by atoms with van der Waals surface area (Å²) in [6.07, 6.45) is 2.63. The van der Waals surface area contributed by atoms with Crippen LogP contribution in [0.1, 0.15) is 23.5 Å². The van der Waals surface area contributed by atoms with Gasteiger partial charge in [-0.3, -0.25) is 0 Å². The Balaban J connectivity index is 1.58. The quantitative estimate of drug-likeness (QED) is 0.746. The summed E-state index contributed by atoms with van der Waals surface area (Å²) in [4.78, 5) is 4.42. The van der Waals surface area contributed by atoms with E-state index in [9.17, 15) is 0 Å². The molecule has 2 N–H and O–H groups in total. The van der Waals surface area contributed by atoms with Gasteiger partial charge < -0.3 is 10.6 Å². The fourth-order valence-electron chi connectivity index (χ4n) is 1.95. The van der Waals surface area contributed by atoms with Gasteiger partial charge in [-0.1, -0.05) is 0 Å². The van der Waals surface area contributed by atoms with Gasteiger partial charge in [0.1, 0.15) is 5.01 Å². The molecule has 2 heterocycles. The highest BCUT2D eigenvalue weighted by Gasteiger charge is 2.13. The lowest BCUT2D eigenvalue weighted by Crippen LogP contribution is -2.19. The van der Waals surface area contributed by atoms with Crippen LogP contribution in [0.15, 0.2) is 5.38 Å². The molecule has 3 nitrogen and oxygen atoms in total. The van der Waals surface area contributed by atoms with E-state index in [0.717, 1.165) is 24.7 Å². The van der Waals surface area contributed by atoms with Crippen molar-refractivity contribution in [1.29, 1.82) is 0 Å². The SMILES string of the molecule is Cc1csc(CNCCC2CCNC2)n1. The van der Waals surface area contributed by atoms with Crippen LogP contribution in [-0.4, -0.2) is 24.6 Å². The van der Waals surface area contributed by atoms with Crippen molar-refractivity contribution in [3.05, 3.63) is 16.1 Å². The molecule has 0 amide bonds. The molecule has 0 aliphatic carbocycles. The van der Waals surface area contributed by atoms with Crippen LogP contribution in [0.5, 0.6) is 0 Å². The number of hydrogen-bond acceptors (Lipinski definition) is 4. The molecule has 0 saturated carbocycles. The van der Waals surface area contributed by atoms with Gasteiger partial charge in [0.25, 0.3) is 0 Å². The first-order valence-electron chi connectivity index (χ1n) is 5.67. The minimum atomic E-state index is 0.885. The molecule has 4 heteroatoms. The molecular weight excluding hydrogens is 206 g/mol. The lowest BCUT2D eigenvalue weighted by atomic mass is 10.1. The minimum Gasteiger partial charge on any atom is -0.316 e. The molecule has 15 heavy (non-hydrogen) atoms. The van der Waals surface area contributed by atoms with Gasteiger partial charge in [0.15, 0.2) is 0 Å².